The van der Waals surface area contributed by atoms with Crippen LogP contribution in [0.5, 0.6) is 0 Å². The van der Waals surface area contributed by atoms with Crippen LogP contribution in [0.15, 0.2) is 53.8 Å². The molecule has 0 bridgehead atoms. The molecule has 2 N–H and O–H groups in total. The van der Waals surface area contributed by atoms with Crippen LogP contribution >= 0.6 is 0 Å². The molecule has 0 saturated heterocycles. The van der Waals surface area contributed by atoms with Crippen molar-refractivity contribution in [2.45, 2.75) is 12.8 Å². The van der Waals surface area contributed by atoms with Crippen molar-refractivity contribution in [1.82, 2.24) is 15.3 Å². The van der Waals surface area contributed by atoms with Gasteiger partial charge in [-0.25, -0.2) is 4.98 Å². The lowest BCUT2D eigenvalue weighted by Crippen LogP contribution is -2.41. The van der Waals surface area contributed by atoms with Gasteiger partial charge in [0.2, 0.25) is 0 Å². The normalized spacial score (nSPS) is 14.2. The van der Waals surface area contributed by atoms with Crippen LogP contribution in [0.4, 0.5) is 5.69 Å². The van der Waals surface area contributed by atoms with Crippen molar-refractivity contribution in [3.8, 4) is 0 Å². The third-order valence-corrected chi connectivity index (χ3v) is 4.57. The van der Waals surface area contributed by atoms with Crippen LogP contribution in [-0.4, -0.2) is 36.1 Å². The minimum absolute atomic E-state index is 0.840. The van der Waals surface area contributed by atoms with E-state index in [2.05, 4.69) is 55.5 Å². The number of rotatable bonds is 3. The van der Waals surface area contributed by atoms with Crippen LogP contribution in [0, 0.1) is 0 Å². The second-order valence-electron chi connectivity index (χ2n) is 5.97. The van der Waals surface area contributed by atoms with E-state index in [1.165, 1.54) is 22.2 Å². The highest BCUT2D eigenvalue weighted by Gasteiger charge is 2.22. The number of guanidine groups is 1. The second-order valence-corrected chi connectivity index (χ2v) is 5.97. The average molecular weight is 319 g/mol. The van der Waals surface area contributed by atoms with E-state index in [-0.39, 0.29) is 0 Å². The van der Waals surface area contributed by atoms with Gasteiger partial charge >= 0.3 is 0 Å². The molecule has 4 rings (SSSR count). The van der Waals surface area contributed by atoms with E-state index in [0.717, 1.165) is 37.5 Å². The Bertz CT molecular complexity index is 880. The van der Waals surface area contributed by atoms with Crippen LogP contribution in [-0.2, 0) is 12.8 Å². The lowest BCUT2D eigenvalue weighted by Gasteiger charge is -2.22. The molecule has 0 unspecified atom stereocenters. The molecule has 0 spiro atoms. The van der Waals surface area contributed by atoms with E-state index in [1.807, 2.05) is 25.5 Å². The molecule has 2 aromatic heterocycles. The lowest BCUT2D eigenvalue weighted by molar-refractivity contribution is 0.840. The van der Waals surface area contributed by atoms with E-state index in [1.54, 1.807) is 0 Å². The molecule has 0 atom stereocenters. The zero-order valence-corrected chi connectivity index (χ0v) is 13.8. The Kier molecular flexibility index (Phi) is 3.91. The molecule has 122 valence electrons. The van der Waals surface area contributed by atoms with E-state index in [4.69, 9.17) is 0 Å². The van der Waals surface area contributed by atoms with E-state index in [9.17, 15) is 0 Å². The SMILES string of the molecule is CN=C(NCCc1c[nH]c2ncccc12)N1CCc2ccccc21. The standard InChI is InChI=1S/C19H21N5/c1-20-19(24-12-9-14-5-2-3-7-17(14)24)22-11-8-15-13-23-18-16(15)6-4-10-21-18/h2-7,10,13H,8-9,11-12H2,1H3,(H,20,22)(H,21,23). The van der Waals surface area contributed by atoms with Gasteiger partial charge in [-0.1, -0.05) is 18.2 Å². The zero-order chi connectivity index (χ0) is 16.4. The Morgan fingerprint density at radius 3 is 3.12 bits per heavy atom. The third-order valence-electron chi connectivity index (χ3n) is 4.57. The smallest absolute Gasteiger partial charge is 0.198 e. The summed E-state index contributed by atoms with van der Waals surface area (Å²) < 4.78 is 0. The van der Waals surface area contributed by atoms with Crippen molar-refractivity contribution in [2.24, 2.45) is 4.99 Å². The first kappa shape index (κ1) is 14.8. The van der Waals surface area contributed by atoms with Gasteiger partial charge < -0.3 is 15.2 Å². The first-order valence-electron chi connectivity index (χ1n) is 8.34. The van der Waals surface area contributed by atoms with Gasteiger partial charge in [0.25, 0.3) is 0 Å². The number of aliphatic imine (C=N–C) groups is 1. The summed E-state index contributed by atoms with van der Waals surface area (Å²) in [4.78, 5) is 14.3. The maximum Gasteiger partial charge on any atom is 0.198 e. The first-order valence-corrected chi connectivity index (χ1v) is 8.34. The van der Waals surface area contributed by atoms with Crippen molar-refractivity contribution >= 4 is 22.7 Å². The molecule has 1 aliphatic heterocycles. The Morgan fingerprint density at radius 2 is 2.21 bits per heavy atom. The monoisotopic (exact) mass is 319 g/mol. The van der Waals surface area contributed by atoms with Gasteiger partial charge in [-0.15, -0.1) is 0 Å². The third kappa shape index (κ3) is 2.62. The molecule has 0 saturated carbocycles. The number of pyridine rings is 1. The number of nitrogens with one attached hydrogen (secondary N) is 2. The van der Waals surface area contributed by atoms with Gasteiger partial charge in [0, 0.05) is 43.6 Å². The molecule has 5 heteroatoms. The molecule has 5 nitrogen and oxygen atoms in total. The number of hydrogen-bond acceptors (Lipinski definition) is 2. The van der Waals surface area contributed by atoms with E-state index < -0.39 is 0 Å². The average Bonchev–Trinajstić information content (AvgIpc) is 3.23. The first-order chi connectivity index (χ1) is 11.9. The van der Waals surface area contributed by atoms with Crippen molar-refractivity contribution in [3.05, 3.63) is 59.9 Å². The summed E-state index contributed by atoms with van der Waals surface area (Å²) in [5.74, 6) is 0.943. The fourth-order valence-electron chi connectivity index (χ4n) is 3.38. The second kappa shape index (κ2) is 6.35. The number of aromatic amines is 1. The van der Waals surface area contributed by atoms with Crippen LogP contribution in [0.3, 0.4) is 0 Å². The maximum absolute atomic E-state index is 4.46. The van der Waals surface area contributed by atoms with Gasteiger partial charge in [-0.3, -0.25) is 4.99 Å². The lowest BCUT2D eigenvalue weighted by atomic mass is 10.1. The summed E-state index contributed by atoms with van der Waals surface area (Å²) >= 11 is 0. The molecule has 0 amide bonds. The highest BCUT2D eigenvalue weighted by atomic mass is 15.3. The molecular weight excluding hydrogens is 298 g/mol. The number of H-pyrrole nitrogens is 1. The summed E-state index contributed by atoms with van der Waals surface area (Å²) in [6.45, 7) is 1.82. The van der Waals surface area contributed by atoms with Gasteiger partial charge in [0.05, 0.1) is 0 Å². The van der Waals surface area contributed by atoms with Crippen molar-refractivity contribution in [2.75, 3.05) is 25.0 Å². The van der Waals surface area contributed by atoms with Crippen molar-refractivity contribution in [3.63, 3.8) is 0 Å². The van der Waals surface area contributed by atoms with Gasteiger partial charge in [-0.2, -0.15) is 0 Å². The molecule has 0 aliphatic carbocycles. The van der Waals surface area contributed by atoms with Crippen molar-refractivity contribution < 1.29 is 0 Å². The summed E-state index contributed by atoms with van der Waals surface area (Å²) in [6, 6.07) is 12.6. The molecule has 1 aromatic carbocycles. The number of aromatic nitrogens is 2. The molecule has 1 aliphatic rings. The Balaban J connectivity index is 1.43. The molecule has 24 heavy (non-hydrogen) atoms. The summed E-state index contributed by atoms with van der Waals surface area (Å²) in [5, 5.41) is 4.69. The summed E-state index contributed by atoms with van der Waals surface area (Å²) in [6.07, 6.45) is 5.87. The molecule has 0 fully saturated rings. The van der Waals surface area contributed by atoms with Gasteiger partial charge in [0.1, 0.15) is 5.65 Å². The minimum Gasteiger partial charge on any atom is -0.356 e. The molecule has 3 heterocycles. The fourth-order valence-corrected chi connectivity index (χ4v) is 3.38. The summed E-state index contributed by atoms with van der Waals surface area (Å²) in [5.41, 5.74) is 4.89. The Morgan fingerprint density at radius 1 is 1.29 bits per heavy atom. The maximum atomic E-state index is 4.46. The number of anilines is 1. The molecule has 0 radical (unpaired) electrons. The van der Waals surface area contributed by atoms with Crippen LogP contribution < -0.4 is 10.2 Å². The summed E-state index contributed by atoms with van der Waals surface area (Å²) in [7, 11) is 1.85. The van der Waals surface area contributed by atoms with Gasteiger partial charge in [-0.05, 0) is 42.2 Å². The predicted molar refractivity (Wildman–Crippen MR) is 98.7 cm³/mol. The largest absolute Gasteiger partial charge is 0.356 e. The quantitative estimate of drug-likeness (QED) is 0.576. The number of hydrogen-bond donors (Lipinski definition) is 2. The predicted octanol–water partition coefficient (Wildman–Crippen LogP) is 2.74. The van der Waals surface area contributed by atoms with Gasteiger partial charge in [0.15, 0.2) is 5.96 Å². The van der Waals surface area contributed by atoms with Crippen LogP contribution in [0.2, 0.25) is 0 Å². The van der Waals surface area contributed by atoms with Crippen molar-refractivity contribution in [1.29, 1.82) is 0 Å². The zero-order valence-electron chi connectivity index (χ0n) is 13.8. The van der Waals surface area contributed by atoms with Crippen LogP contribution in [0.1, 0.15) is 11.1 Å². The highest BCUT2D eigenvalue weighted by molar-refractivity contribution is 5.97. The molecular formula is C19H21N5. The Hall–Kier alpha value is -2.82. The Labute approximate surface area is 141 Å². The minimum atomic E-state index is 0.840. The fraction of sp³-hybridized carbons (Fsp3) is 0.263. The number of para-hydroxylation sites is 1. The highest BCUT2D eigenvalue weighted by Crippen LogP contribution is 2.27. The topological polar surface area (TPSA) is 56.3 Å². The molecule has 3 aromatic rings. The van der Waals surface area contributed by atoms with Crippen LogP contribution in [0.25, 0.3) is 11.0 Å². The number of fused-ring (bicyclic) bond motifs is 2. The van der Waals surface area contributed by atoms with E-state index in [0.29, 0.717) is 0 Å². The number of benzene rings is 1. The van der Waals surface area contributed by atoms with E-state index >= 15 is 0 Å². The number of nitrogens with zero attached hydrogens (tertiary/aromatic N) is 3.